The average Bonchev–Trinajstić information content (AvgIpc) is 3.13. The zero-order chi connectivity index (χ0) is 19.8. The SMILES string of the molecule is CN=C(NCc1ccc(C)cc1OCCOC)NCc1nnc2ccccn12. The predicted molar refractivity (Wildman–Crippen MR) is 109 cm³/mol. The number of guanidine groups is 1. The molecule has 8 heteroatoms. The van der Waals surface area contributed by atoms with Crippen LogP contribution in [0.3, 0.4) is 0 Å². The van der Waals surface area contributed by atoms with Crippen molar-refractivity contribution in [2.75, 3.05) is 27.4 Å². The van der Waals surface area contributed by atoms with Gasteiger partial charge in [0.2, 0.25) is 0 Å². The van der Waals surface area contributed by atoms with Gasteiger partial charge < -0.3 is 20.1 Å². The molecule has 148 valence electrons. The third-order valence-corrected chi connectivity index (χ3v) is 4.24. The Morgan fingerprint density at radius 3 is 2.79 bits per heavy atom. The molecule has 0 fully saturated rings. The summed E-state index contributed by atoms with van der Waals surface area (Å²) in [6.07, 6.45) is 1.94. The van der Waals surface area contributed by atoms with Gasteiger partial charge in [0.1, 0.15) is 12.4 Å². The maximum absolute atomic E-state index is 5.84. The number of pyridine rings is 1. The molecule has 0 amide bonds. The van der Waals surface area contributed by atoms with E-state index in [9.17, 15) is 0 Å². The number of hydrogen-bond acceptors (Lipinski definition) is 5. The van der Waals surface area contributed by atoms with E-state index in [2.05, 4.69) is 38.0 Å². The molecule has 0 aliphatic heterocycles. The monoisotopic (exact) mass is 382 g/mol. The van der Waals surface area contributed by atoms with Crippen LogP contribution in [0, 0.1) is 6.92 Å². The van der Waals surface area contributed by atoms with Crippen molar-refractivity contribution in [1.82, 2.24) is 25.2 Å². The first kappa shape index (κ1) is 19.6. The van der Waals surface area contributed by atoms with Gasteiger partial charge in [0, 0.05) is 32.5 Å². The summed E-state index contributed by atoms with van der Waals surface area (Å²) in [7, 11) is 3.40. The number of rotatable bonds is 8. The van der Waals surface area contributed by atoms with E-state index in [1.54, 1.807) is 14.2 Å². The number of aliphatic imine (C=N–C) groups is 1. The van der Waals surface area contributed by atoms with Gasteiger partial charge in [0.25, 0.3) is 0 Å². The van der Waals surface area contributed by atoms with Crippen molar-refractivity contribution in [3.63, 3.8) is 0 Å². The second-order valence-corrected chi connectivity index (χ2v) is 6.28. The molecule has 0 saturated carbocycles. The summed E-state index contributed by atoms with van der Waals surface area (Å²) < 4.78 is 12.9. The van der Waals surface area contributed by atoms with Crippen molar-refractivity contribution >= 4 is 11.6 Å². The molecule has 2 heterocycles. The van der Waals surface area contributed by atoms with Gasteiger partial charge >= 0.3 is 0 Å². The fourth-order valence-corrected chi connectivity index (χ4v) is 2.75. The summed E-state index contributed by atoms with van der Waals surface area (Å²) in [6.45, 7) is 4.21. The summed E-state index contributed by atoms with van der Waals surface area (Å²) in [6, 6.07) is 12.0. The van der Waals surface area contributed by atoms with Crippen molar-refractivity contribution in [3.8, 4) is 5.75 Å². The lowest BCUT2D eigenvalue weighted by atomic mass is 10.1. The molecule has 0 saturated heterocycles. The Bertz CT molecular complexity index is 937. The Labute approximate surface area is 164 Å². The standard InChI is InChI=1S/C20H26N6O2/c1-15-7-8-16(17(12-15)28-11-10-27-3)13-22-20(21-2)23-14-19-25-24-18-6-4-5-9-26(18)19/h4-9,12H,10-11,13-14H2,1-3H3,(H2,21,22,23). The van der Waals surface area contributed by atoms with Gasteiger partial charge in [-0.25, -0.2) is 0 Å². The molecule has 0 aliphatic carbocycles. The van der Waals surface area contributed by atoms with E-state index in [1.165, 1.54) is 0 Å². The van der Waals surface area contributed by atoms with Crippen LogP contribution < -0.4 is 15.4 Å². The first-order valence-electron chi connectivity index (χ1n) is 9.15. The Kier molecular flexibility index (Phi) is 6.80. The molecule has 3 rings (SSSR count). The summed E-state index contributed by atoms with van der Waals surface area (Å²) in [5.74, 6) is 2.34. The van der Waals surface area contributed by atoms with Gasteiger partial charge in [-0.3, -0.25) is 9.39 Å². The number of ether oxygens (including phenoxy) is 2. The van der Waals surface area contributed by atoms with E-state index in [4.69, 9.17) is 9.47 Å². The van der Waals surface area contributed by atoms with Crippen LogP contribution in [0.2, 0.25) is 0 Å². The molecule has 0 spiro atoms. The van der Waals surface area contributed by atoms with Gasteiger partial charge in [-0.1, -0.05) is 18.2 Å². The van der Waals surface area contributed by atoms with Crippen molar-refractivity contribution in [2.45, 2.75) is 20.0 Å². The topological polar surface area (TPSA) is 85.1 Å². The van der Waals surface area contributed by atoms with Crippen molar-refractivity contribution in [1.29, 1.82) is 0 Å². The van der Waals surface area contributed by atoms with Gasteiger partial charge in [0.15, 0.2) is 17.4 Å². The first-order chi connectivity index (χ1) is 13.7. The Hall–Kier alpha value is -3.13. The van der Waals surface area contributed by atoms with Gasteiger partial charge in [-0.2, -0.15) is 0 Å². The number of hydrogen-bond donors (Lipinski definition) is 2. The highest BCUT2D eigenvalue weighted by Gasteiger charge is 2.08. The highest BCUT2D eigenvalue weighted by molar-refractivity contribution is 5.79. The highest BCUT2D eigenvalue weighted by atomic mass is 16.5. The maximum atomic E-state index is 5.84. The first-order valence-corrected chi connectivity index (χ1v) is 9.15. The summed E-state index contributed by atoms with van der Waals surface area (Å²) in [5.41, 5.74) is 3.02. The third-order valence-electron chi connectivity index (χ3n) is 4.24. The predicted octanol–water partition coefficient (Wildman–Crippen LogP) is 1.93. The van der Waals surface area contributed by atoms with Gasteiger partial charge in [0.05, 0.1) is 13.2 Å². The van der Waals surface area contributed by atoms with E-state index >= 15 is 0 Å². The van der Waals surface area contributed by atoms with Crippen LogP contribution in [0.1, 0.15) is 17.0 Å². The molecule has 8 nitrogen and oxygen atoms in total. The van der Waals surface area contributed by atoms with Crippen LogP contribution >= 0.6 is 0 Å². The van der Waals surface area contributed by atoms with E-state index in [0.717, 1.165) is 28.3 Å². The molecule has 1 aromatic carbocycles. The van der Waals surface area contributed by atoms with Crippen LogP contribution in [-0.2, 0) is 17.8 Å². The maximum Gasteiger partial charge on any atom is 0.191 e. The lowest BCUT2D eigenvalue weighted by Crippen LogP contribution is -2.36. The Balaban J connectivity index is 1.59. The molecule has 0 unspecified atom stereocenters. The second-order valence-electron chi connectivity index (χ2n) is 6.28. The van der Waals surface area contributed by atoms with E-state index < -0.39 is 0 Å². The fraction of sp³-hybridized carbons (Fsp3) is 0.350. The third kappa shape index (κ3) is 4.98. The van der Waals surface area contributed by atoms with Crippen LogP contribution in [0.4, 0.5) is 0 Å². The van der Waals surface area contributed by atoms with Crippen molar-refractivity contribution in [3.05, 3.63) is 59.5 Å². The van der Waals surface area contributed by atoms with Gasteiger partial charge in [-0.05, 0) is 30.7 Å². The highest BCUT2D eigenvalue weighted by Crippen LogP contribution is 2.20. The van der Waals surface area contributed by atoms with E-state index in [0.29, 0.717) is 32.3 Å². The minimum Gasteiger partial charge on any atom is -0.491 e. The Morgan fingerprint density at radius 2 is 1.96 bits per heavy atom. The Morgan fingerprint density at radius 1 is 1.11 bits per heavy atom. The number of benzene rings is 1. The number of aromatic nitrogens is 3. The largest absolute Gasteiger partial charge is 0.491 e. The van der Waals surface area contributed by atoms with Gasteiger partial charge in [-0.15, -0.1) is 10.2 Å². The quantitative estimate of drug-likeness (QED) is 0.352. The number of nitrogens with zero attached hydrogens (tertiary/aromatic N) is 4. The number of nitrogens with one attached hydrogen (secondary N) is 2. The molecule has 2 aromatic heterocycles. The lowest BCUT2D eigenvalue weighted by Gasteiger charge is -2.15. The number of aryl methyl sites for hydroxylation is 1. The lowest BCUT2D eigenvalue weighted by molar-refractivity contribution is 0.145. The van der Waals surface area contributed by atoms with Crippen LogP contribution in [0.5, 0.6) is 5.75 Å². The smallest absolute Gasteiger partial charge is 0.191 e. The molecule has 28 heavy (non-hydrogen) atoms. The van der Waals surface area contributed by atoms with E-state index in [-0.39, 0.29) is 0 Å². The van der Waals surface area contributed by atoms with E-state index in [1.807, 2.05) is 41.8 Å². The van der Waals surface area contributed by atoms with Crippen LogP contribution in [0.15, 0.2) is 47.6 Å². The zero-order valence-electron chi connectivity index (χ0n) is 16.5. The van der Waals surface area contributed by atoms with Crippen LogP contribution in [-0.4, -0.2) is 47.9 Å². The summed E-state index contributed by atoms with van der Waals surface area (Å²) in [5, 5.41) is 15.0. The van der Waals surface area contributed by atoms with Crippen LogP contribution in [0.25, 0.3) is 5.65 Å². The molecule has 0 bridgehead atoms. The minimum atomic E-state index is 0.510. The molecule has 3 aromatic rings. The molecule has 0 aliphatic rings. The second kappa shape index (κ2) is 9.70. The minimum absolute atomic E-state index is 0.510. The molecular weight excluding hydrogens is 356 g/mol. The molecule has 2 N–H and O–H groups in total. The number of methoxy groups -OCH3 is 1. The molecular formula is C20H26N6O2. The zero-order valence-corrected chi connectivity index (χ0v) is 16.5. The normalized spacial score (nSPS) is 11.6. The number of fused-ring (bicyclic) bond motifs is 1. The van der Waals surface area contributed by atoms with Crippen molar-refractivity contribution in [2.24, 2.45) is 4.99 Å². The average molecular weight is 382 g/mol. The fourth-order valence-electron chi connectivity index (χ4n) is 2.75. The summed E-state index contributed by atoms with van der Waals surface area (Å²) >= 11 is 0. The summed E-state index contributed by atoms with van der Waals surface area (Å²) in [4.78, 5) is 4.28. The van der Waals surface area contributed by atoms with Crippen molar-refractivity contribution < 1.29 is 9.47 Å². The molecule has 0 radical (unpaired) electrons. The molecule has 0 atom stereocenters.